The van der Waals surface area contributed by atoms with Crippen molar-refractivity contribution in [2.75, 3.05) is 5.73 Å². The van der Waals surface area contributed by atoms with Gasteiger partial charge < -0.3 is 10.3 Å². The number of hydrogen-bond acceptors (Lipinski definition) is 3. The zero-order chi connectivity index (χ0) is 13.2. The number of aromatic nitrogens is 3. The Bertz CT molecular complexity index is 528. The van der Waals surface area contributed by atoms with E-state index < -0.39 is 0 Å². The van der Waals surface area contributed by atoms with E-state index in [1.807, 2.05) is 24.7 Å². The average molecular weight is 244 g/mol. The summed E-state index contributed by atoms with van der Waals surface area (Å²) in [5.74, 6) is 0.537. The minimum absolute atomic E-state index is 0.258. The predicted octanol–water partition coefficient (Wildman–Crippen LogP) is 2.96. The van der Waals surface area contributed by atoms with E-state index in [1.54, 1.807) is 6.20 Å². The van der Waals surface area contributed by atoms with E-state index in [0.29, 0.717) is 5.82 Å². The Balaban J connectivity index is 2.33. The summed E-state index contributed by atoms with van der Waals surface area (Å²) in [6, 6.07) is 3.84. The normalized spacial score (nSPS) is 11.7. The van der Waals surface area contributed by atoms with Crippen molar-refractivity contribution in [2.24, 2.45) is 5.41 Å². The number of nitrogen functional groups attached to an aromatic ring is 1. The fourth-order valence-corrected chi connectivity index (χ4v) is 1.87. The Morgan fingerprint density at radius 1 is 1.39 bits per heavy atom. The molecule has 0 unspecified atom stereocenters. The van der Waals surface area contributed by atoms with E-state index in [4.69, 9.17) is 5.73 Å². The molecule has 0 radical (unpaired) electrons. The van der Waals surface area contributed by atoms with E-state index >= 15 is 0 Å². The van der Waals surface area contributed by atoms with Crippen molar-refractivity contribution in [3.63, 3.8) is 0 Å². The van der Waals surface area contributed by atoms with Gasteiger partial charge in [0.2, 0.25) is 0 Å². The van der Waals surface area contributed by atoms with Crippen molar-refractivity contribution in [1.29, 1.82) is 0 Å². The maximum Gasteiger partial charge on any atom is 0.123 e. The first-order valence-electron chi connectivity index (χ1n) is 6.24. The minimum Gasteiger partial charge on any atom is -0.384 e. The number of anilines is 1. The van der Waals surface area contributed by atoms with E-state index in [2.05, 4.69) is 35.3 Å². The molecule has 0 aliphatic heterocycles. The molecule has 0 saturated heterocycles. The van der Waals surface area contributed by atoms with Gasteiger partial charge >= 0.3 is 0 Å². The smallest absolute Gasteiger partial charge is 0.123 e. The van der Waals surface area contributed by atoms with Crippen molar-refractivity contribution in [2.45, 2.75) is 33.7 Å². The molecule has 0 aliphatic rings. The molecule has 96 valence electrons. The zero-order valence-electron chi connectivity index (χ0n) is 11.2. The van der Waals surface area contributed by atoms with Crippen LogP contribution in [0.15, 0.2) is 30.9 Å². The van der Waals surface area contributed by atoms with Crippen molar-refractivity contribution in [3.05, 3.63) is 30.9 Å². The third-order valence-corrected chi connectivity index (χ3v) is 3.34. The van der Waals surface area contributed by atoms with E-state index in [1.165, 1.54) is 0 Å². The molecule has 18 heavy (non-hydrogen) atoms. The maximum absolute atomic E-state index is 5.73. The monoisotopic (exact) mass is 244 g/mol. The molecule has 0 bridgehead atoms. The van der Waals surface area contributed by atoms with Gasteiger partial charge in [-0.15, -0.1) is 0 Å². The topological polar surface area (TPSA) is 56.7 Å². The Hall–Kier alpha value is -1.84. The van der Waals surface area contributed by atoms with Gasteiger partial charge in [0.25, 0.3) is 0 Å². The quantitative estimate of drug-likeness (QED) is 0.899. The zero-order valence-corrected chi connectivity index (χ0v) is 11.2. The molecule has 0 amide bonds. The standard InChI is InChI=1S/C14H20N4/c1-4-14(2,3)9-18-10-16-8-12(18)11-5-6-17-13(15)7-11/h5-8,10H,4,9H2,1-3H3,(H2,15,17). The van der Waals surface area contributed by atoms with Crippen LogP contribution in [0.4, 0.5) is 5.82 Å². The molecule has 0 saturated carbocycles. The molecule has 2 rings (SSSR count). The molecule has 0 fully saturated rings. The van der Waals surface area contributed by atoms with Crippen LogP contribution >= 0.6 is 0 Å². The number of rotatable bonds is 4. The molecular weight excluding hydrogens is 224 g/mol. The Labute approximate surface area is 108 Å². The molecule has 2 N–H and O–H groups in total. The first kappa shape index (κ1) is 12.6. The summed E-state index contributed by atoms with van der Waals surface area (Å²) in [4.78, 5) is 8.27. The Morgan fingerprint density at radius 3 is 2.83 bits per heavy atom. The molecule has 2 heterocycles. The van der Waals surface area contributed by atoms with Crippen LogP contribution in [0.5, 0.6) is 0 Å². The molecule has 4 heteroatoms. The molecule has 2 aromatic rings. The molecule has 2 aromatic heterocycles. The van der Waals surface area contributed by atoms with Gasteiger partial charge in [-0.3, -0.25) is 0 Å². The summed E-state index contributed by atoms with van der Waals surface area (Å²) < 4.78 is 2.18. The number of pyridine rings is 1. The second-order valence-corrected chi connectivity index (χ2v) is 5.39. The largest absolute Gasteiger partial charge is 0.384 e. The third-order valence-electron chi connectivity index (χ3n) is 3.34. The number of nitrogens with two attached hydrogens (primary N) is 1. The molecular formula is C14H20N4. The van der Waals surface area contributed by atoms with Crippen molar-refractivity contribution >= 4 is 5.82 Å². The Morgan fingerprint density at radius 2 is 2.17 bits per heavy atom. The molecule has 0 aliphatic carbocycles. The summed E-state index contributed by atoms with van der Waals surface area (Å²) in [6.07, 6.45) is 6.61. The lowest BCUT2D eigenvalue weighted by Crippen LogP contribution is -2.18. The van der Waals surface area contributed by atoms with Gasteiger partial charge in [0.1, 0.15) is 5.82 Å². The predicted molar refractivity (Wildman–Crippen MR) is 73.9 cm³/mol. The minimum atomic E-state index is 0.258. The van der Waals surface area contributed by atoms with E-state index in [-0.39, 0.29) is 5.41 Å². The lowest BCUT2D eigenvalue weighted by molar-refractivity contribution is 0.296. The summed E-state index contributed by atoms with van der Waals surface area (Å²) in [5.41, 5.74) is 8.14. The number of imidazole rings is 1. The summed E-state index contributed by atoms with van der Waals surface area (Å²) in [6.45, 7) is 7.68. The van der Waals surface area contributed by atoms with Crippen LogP contribution in [0.2, 0.25) is 0 Å². The fourth-order valence-electron chi connectivity index (χ4n) is 1.87. The number of hydrogen-bond donors (Lipinski definition) is 1. The van der Waals surface area contributed by atoms with E-state index in [9.17, 15) is 0 Å². The highest BCUT2D eigenvalue weighted by Gasteiger charge is 2.17. The van der Waals surface area contributed by atoms with Crippen molar-refractivity contribution in [3.8, 4) is 11.3 Å². The van der Waals surface area contributed by atoms with Crippen LogP contribution in [-0.4, -0.2) is 14.5 Å². The average Bonchev–Trinajstić information content (AvgIpc) is 2.76. The van der Waals surface area contributed by atoms with Crippen LogP contribution in [0.1, 0.15) is 27.2 Å². The van der Waals surface area contributed by atoms with Gasteiger partial charge in [0.05, 0.1) is 18.2 Å². The highest BCUT2D eigenvalue weighted by atomic mass is 15.1. The van der Waals surface area contributed by atoms with Crippen molar-refractivity contribution in [1.82, 2.24) is 14.5 Å². The van der Waals surface area contributed by atoms with Crippen LogP contribution in [0.25, 0.3) is 11.3 Å². The van der Waals surface area contributed by atoms with Crippen LogP contribution in [-0.2, 0) is 6.54 Å². The van der Waals surface area contributed by atoms with Crippen LogP contribution in [0.3, 0.4) is 0 Å². The second kappa shape index (κ2) is 4.80. The van der Waals surface area contributed by atoms with Gasteiger partial charge in [0, 0.05) is 18.3 Å². The summed E-state index contributed by atoms with van der Waals surface area (Å²) >= 11 is 0. The summed E-state index contributed by atoms with van der Waals surface area (Å²) in [7, 11) is 0. The van der Waals surface area contributed by atoms with Gasteiger partial charge in [-0.05, 0) is 24.0 Å². The van der Waals surface area contributed by atoms with Gasteiger partial charge in [-0.2, -0.15) is 0 Å². The van der Waals surface area contributed by atoms with Gasteiger partial charge in [-0.1, -0.05) is 20.8 Å². The highest BCUT2D eigenvalue weighted by molar-refractivity contribution is 5.61. The molecule has 4 nitrogen and oxygen atoms in total. The molecule has 0 atom stereocenters. The number of nitrogens with zero attached hydrogens (tertiary/aromatic N) is 3. The lowest BCUT2D eigenvalue weighted by atomic mass is 9.90. The first-order valence-corrected chi connectivity index (χ1v) is 6.24. The lowest BCUT2D eigenvalue weighted by Gasteiger charge is -2.24. The van der Waals surface area contributed by atoms with E-state index in [0.717, 1.165) is 24.2 Å². The maximum atomic E-state index is 5.73. The van der Waals surface area contributed by atoms with Gasteiger partial charge in [0.15, 0.2) is 0 Å². The molecule has 0 spiro atoms. The Kier molecular flexibility index (Phi) is 3.36. The van der Waals surface area contributed by atoms with Gasteiger partial charge in [-0.25, -0.2) is 9.97 Å². The first-order chi connectivity index (χ1) is 8.52. The second-order valence-electron chi connectivity index (χ2n) is 5.39. The SMILES string of the molecule is CCC(C)(C)Cn1cncc1-c1ccnc(N)c1. The van der Waals surface area contributed by atoms with Crippen LogP contribution < -0.4 is 5.73 Å². The van der Waals surface area contributed by atoms with Crippen LogP contribution in [0, 0.1) is 5.41 Å². The summed E-state index contributed by atoms with van der Waals surface area (Å²) in [5, 5.41) is 0. The highest BCUT2D eigenvalue weighted by Crippen LogP contribution is 2.26. The fraction of sp³-hybridized carbons (Fsp3) is 0.429. The van der Waals surface area contributed by atoms with Crippen molar-refractivity contribution < 1.29 is 0 Å². The third kappa shape index (κ3) is 2.70. The molecule has 0 aromatic carbocycles.